The molecule has 1 heterocycles. The van der Waals surface area contributed by atoms with Gasteiger partial charge in [-0.15, -0.1) is 0 Å². The SMILES string of the molecule is C=C(C=C(O)C1=C(C)C(=O)C=N1)CC. The molecule has 0 aromatic rings. The molecule has 1 aliphatic rings. The molecule has 0 amide bonds. The summed E-state index contributed by atoms with van der Waals surface area (Å²) in [6.45, 7) is 7.32. The fraction of sp³-hybridized carbons (Fsp3) is 0.273. The molecule has 0 atom stereocenters. The third-order valence-electron chi connectivity index (χ3n) is 2.07. The lowest BCUT2D eigenvalue weighted by Gasteiger charge is -2.00. The fourth-order valence-electron chi connectivity index (χ4n) is 1.06. The van der Waals surface area contributed by atoms with E-state index in [1.54, 1.807) is 6.92 Å². The third-order valence-corrected chi connectivity index (χ3v) is 2.07. The number of rotatable bonds is 3. The standard InChI is InChI=1S/C11H13NO2/c1-4-7(2)5-9(13)11-8(3)10(14)6-12-11/h5-6,13H,2,4H2,1,3H3. The fourth-order valence-corrected chi connectivity index (χ4v) is 1.06. The van der Waals surface area contributed by atoms with Gasteiger partial charge in [0.2, 0.25) is 5.78 Å². The van der Waals surface area contributed by atoms with Crippen molar-refractivity contribution in [1.29, 1.82) is 0 Å². The van der Waals surface area contributed by atoms with Crippen molar-refractivity contribution < 1.29 is 9.90 Å². The highest BCUT2D eigenvalue weighted by molar-refractivity contribution is 6.37. The van der Waals surface area contributed by atoms with Crippen LogP contribution in [0.3, 0.4) is 0 Å². The van der Waals surface area contributed by atoms with Crippen LogP contribution in [0.1, 0.15) is 20.3 Å². The maximum Gasteiger partial charge on any atom is 0.202 e. The Morgan fingerprint density at radius 3 is 2.79 bits per heavy atom. The van der Waals surface area contributed by atoms with Gasteiger partial charge < -0.3 is 5.11 Å². The van der Waals surface area contributed by atoms with Gasteiger partial charge in [0.25, 0.3) is 0 Å². The van der Waals surface area contributed by atoms with E-state index in [0.717, 1.165) is 12.0 Å². The van der Waals surface area contributed by atoms with Gasteiger partial charge >= 0.3 is 0 Å². The predicted molar refractivity (Wildman–Crippen MR) is 56.3 cm³/mol. The number of allylic oxidation sites excluding steroid dienone is 3. The van der Waals surface area contributed by atoms with Crippen LogP contribution in [0.25, 0.3) is 0 Å². The number of hydrogen-bond donors (Lipinski definition) is 1. The number of Topliss-reactive ketones (excluding diaryl/α,β-unsaturated/α-hetero) is 1. The van der Waals surface area contributed by atoms with Crippen molar-refractivity contribution in [2.45, 2.75) is 20.3 Å². The quantitative estimate of drug-likeness (QED) is 0.549. The van der Waals surface area contributed by atoms with E-state index in [2.05, 4.69) is 11.6 Å². The van der Waals surface area contributed by atoms with E-state index in [1.165, 1.54) is 12.3 Å². The van der Waals surface area contributed by atoms with Gasteiger partial charge in [-0.3, -0.25) is 4.79 Å². The zero-order chi connectivity index (χ0) is 10.7. The van der Waals surface area contributed by atoms with Crippen molar-refractivity contribution in [3.8, 4) is 0 Å². The molecule has 0 unspecified atom stereocenters. The molecule has 74 valence electrons. The van der Waals surface area contributed by atoms with Gasteiger partial charge in [-0.05, 0) is 19.4 Å². The van der Waals surface area contributed by atoms with E-state index in [4.69, 9.17) is 0 Å². The number of ketones is 1. The van der Waals surface area contributed by atoms with Gasteiger partial charge in [-0.1, -0.05) is 19.1 Å². The van der Waals surface area contributed by atoms with Gasteiger partial charge in [0.15, 0.2) is 0 Å². The van der Waals surface area contributed by atoms with E-state index in [0.29, 0.717) is 11.3 Å². The van der Waals surface area contributed by atoms with Crippen molar-refractivity contribution in [1.82, 2.24) is 0 Å². The zero-order valence-electron chi connectivity index (χ0n) is 8.37. The monoisotopic (exact) mass is 191 g/mol. The molecule has 1 rings (SSSR count). The average Bonchev–Trinajstić information content (AvgIpc) is 2.47. The molecule has 0 bridgehead atoms. The maximum absolute atomic E-state index is 11.1. The molecular formula is C11H13NO2. The molecule has 3 heteroatoms. The van der Waals surface area contributed by atoms with Crippen molar-refractivity contribution in [3.63, 3.8) is 0 Å². The summed E-state index contributed by atoms with van der Waals surface area (Å²) in [5, 5.41) is 9.62. The van der Waals surface area contributed by atoms with Crippen LogP contribution in [0.4, 0.5) is 0 Å². The van der Waals surface area contributed by atoms with Gasteiger partial charge in [0.05, 0.1) is 6.21 Å². The highest BCUT2D eigenvalue weighted by Crippen LogP contribution is 2.20. The summed E-state index contributed by atoms with van der Waals surface area (Å²) in [6.07, 6.45) is 3.51. The highest BCUT2D eigenvalue weighted by atomic mass is 16.3. The first-order valence-corrected chi connectivity index (χ1v) is 4.44. The third kappa shape index (κ3) is 1.99. The van der Waals surface area contributed by atoms with Crippen molar-refractivity contribution in [2.75, 3.05) is 0 Å². The summed E-state index contributed by atoms with van der Waals surface area (Å²) in [5.74, 6) is -0.140. The number of carbonyl (C=O) groups excluding carboxylic acids is 1. The smallest absolute Gasteiger partial charge is 0.202 e. The molecule has 1 N–H and O–H groups in total. The number of carbonyl (C=O) groups is 1. The lowest BCUT2D eigenvalue weighted by Crippen LogP contribution is -1.96. The first-order chi connectivity index (χ1) is 6.56. The normalized spacial score (nSPS) is 16.7. The molecule has 0 saturated carbocycles. The summed E-state index contributed by atoms with van der Waals surface area (Å²) >= 11 is 0. The second-order valence-electron chi connectivity index (χ2n) is 3.14. The lowest BCUT2D eigenvalue weighted by atomic mass is 10.1. The second kappa shape index (κ2) is 4.05. The zero-order valence-corrected chi connectivity index (χ0v) is 8.37. The molecule has 0 aromatic carbocycles. The van der Waals surface area contributed by atoms with E-state index in [9.17, 15) is 9.90 Å². The molecule has 0 aliphatic carbocycles. The van der Waals surface area contributed by atoms with E-state index in [1.807, 2.05) is 6.92 Å². The minimum Gasteiger partial charge on any atom is -0.506 e. The minimum absolute atomic E-state index is 0.0106. The van der Waals surface area contributed by atoms with Gasteiger partial charge in [0, 0.05) is 5.57 Å². The van der Waals surface area contributed by atoms with Crippen molar-refractivity contribution in [2.24, 2.45) is 4.99 Å². The number of aliphatic imine (C=N–C) groups is 1. The van der Waals surface area contributed by atoms with Crippen LogP contribution in [-0.2, 0) is 4.79 Å². The number of hydrogen-bond acceptors (Lipinski definition) is 3. The Morgan fingerprint density at radius 1 is 1.71 bits per heavy atom. The number of nitrogens with zero attached hydrogens (tertiary/aromatic N) is 1. The van der Waals surface area contributed by atoms with E-state index < -0.39 is 0 Å². The van der Waals surface area contributed by atoms with Gasteiger partial charge in [-0.2, -0.15) is 0 Å². The Morgan fingerprint density at radius 2 is 2.36 bits per heavy atom. The molecule has 14 heavy (non-hydrogen) atoms. The van der Waals surface area contributed by atoms with E-state index >= 15 is 0 Å². The van der Waals surface area contributed by atoms with E-state index in [-0.39, 0.29) is 11.5 Å². The summed E-state index contributed by atoms with van der Waals surface area (Å²) in [5.41, 5.74) is 1.63. The molecule has 0 spiro atoms. The summed E-state index contributed by atoms with van der Waals surface area (Å²) in [4.78, 5) is 14.9. The average molecular weight is 191 g/mol. The first kappa shape index (κ1) is 10.4. The Labute approximate surface area is 83.2 Å². The molecule has 3 nitrogen and oxygen atoms in total. The van der Waals surface area contributed by atoms with Crippen molar-refractivity contribution in [3.05, 3.63) is 35.3 Å². The number of aliphatic hydroxyl groups is 1. The summed E-state index contributed by atoms with van der Waals surface area (Å²) < 4.78 is 0. The maximum atomic E-state index is 11.1. The summed E-state index contributed by atoms with van der Waals surface area (Å²) in [7, 11) is 0. The Kier molecular flexibility index (Phi) is 3.02. The van der Waals surface area contributed by atoms with Crippen LogP contribution < -0.4 is 0 Å². The van der Waals surface area contributed by atoms with Crippen LogP contribution in [0.5, 0.6) is 0 Å². The van der Waals surface area contributed by atoms with Crippen LogP contribution in [0.15, 0.2) is 40.2 Å². The minimum atomic E-state index is -0.151. The van der Waals surface area contributed by atoms with Crippen LogP contribution in [-0.4, -0.2) is 17.1 Å². The number of aliphatic hydroxyl groups excluding tert-OH is 1. The van der Waals surface area contributed by atoms with Crippen LogP contribution in [0.2, 0.25) is 0 Å². The Bertz CT molecular complexity index is 373. The van der Waals surface area contributed by atoms with Crippen LogP contribution >= 0.6 is 0 Å². The highest BCUT2D eigenvalue weighted by Gasteiger charge is 2.17. The Hall–Kier alpha value is -1.64. The van der Waals surface area contributed by atoms with Gasteiger partial charge in [-0.25, -0.2) is 4.99 Å². The lowest BCUT2D eigenvalue weighted by molar-refractivity contribution is -0.109. The molecule has 0 aromatic heterocycles. The molecule has 1 aliphatic heterocycles. The largest absolute Gasteiger partial charge is 0.506 e. The Balaban J connectivity index is 2.96. The van der Waals surface area contributed by atoms with Crippen LogP contribution in [0, 0.1) is 0 Å². The molecule has 0 saturated heterocycles. The molecular weight excluding hydrogens is 178 g/mol. The topological polar surface area (TPSA) is 49.7 Å². The second-order valence-corrected chi connectivity index (χ2v) is 3.14. The summed E-state index contributed by atoms with van der Waals surface area (Å²) in [6, 6.07) is 0. The molecule has 0 radical (unpaired) electrons. The molecule has 0 fully saturated rings. The predicted octanol–water partition coefficient (Wildman–Crippen LogP) is 2.32. The first-order valence-electron chi connectivity index (χ1n) is 4.44. The van der Waals surface area contributed by atoms with Crippen molar-refractivity contribution >= 4 is 12.0 Å². The van der Waals surface area contributed by atoms with Gasteiger partial charge in [0.1, 0.15) is 11.5 Å².